The van der Waals surface area contributed by atoms with E-state index < -0.39 is 11.8 Å². The standard InChI is InChI=1S/C16H22FN3O2/c1-2-3-8-18-15(21)16(22)20-11-9-19(10-12-20)14-7-5-4-6-13(14)17/h4-7H,2-3,8-12H2,1H3,(H,18,21). The summed E-state index contributed by atoms with van der Waals surface area (Å²) < 4.78 is 13.7. The van der Waals surface area contributed by atoms with Crippen LogP contribution >= 0.6 is 0 Å². The van der Waals surface area contributed by atoms with E-state index in [0.717, 1.165) is 12.8 Å². The second kappa shape index (κ2) is 7.77. The fourth-order valence-corrected chi connectivity index (χ4v) is 2.46. The van der Waals surface area contributed by atoms with Crippen LogP contribution in [0.5, 0.6) is 0 Å². The molecule has 1 aromatic rings. The Morgan fingerprint density at radius 3 is 2.50 bits per heavy atom. The van der Waals surface area contributed by atoms with Crippen LogP contribution in [0.1, 0.15) is 19.8 Å². The minimum absolute atomic E-state index is 0.264. The maximum atomic E-state index is 13.7. The quantitative estimate of drug-likeness (QED) is 0.675. The molecule has 0 aliphatic carbocycles. The maximum Gasteiger partial charge on any atom is 0.312 e. The van der Waals surface area contributed by atoms with Crippen molar-refractivity contribution >= 4 is 17.5 Å². The molecule has 1 heterocycles. The number of nitrogens with one attached hydrogen (secondary N) is 1. The highest BCUT2D eigenvalue weighted by Gasteiger charge is 2.26. The van der Waals surface area contributed by atoms with Crippen LogP contribution in [0.2, 0.25) is 0 Å². The number of amides is 2. The van der Waals surface area contributed by atoms with Gasteiger partial charge in [-0.1, -0.05) is 25.5 Å². The second-order valence-electron chi connectivity index (χ2n) is 5.34. The van der Waals surface area contributed by atoms with E-state index >= 15 is 0 Å². The Balaban J connectivity index is 1.85. The summed E-state index contributed by atoms with van der Waals surface area (Å²) in [5.41, 5.74) is 0.544. The lowest BCUT2D eigenvalue weighted by molar-refractivity contribution is -0.146. The van der Waals surface area contributed by atoms with Crippen molar-refractivity contribution in [2.45, 2.75) is 19.8 Å². The van der Waals surface area contributed by atoms with Crippen LogP contribution in [-0.4, -0.2) is 49.4 Å². The summed E-state index contributed by atoms with van der Waals surface area (Å²) in [5, 5.41) is 2.63. The first-order valence-electron chi connectivity index (χ1n) is 7.70. The zero-order valence-corrected chi connectivity index (χ0v) is 12.8. The topological polar surface area (TPSA) is 52.7 Å². The van der Waals surface area contributed by atoms with E-state index in [1.165, 1.54) is 11.0 Å². The van der Waals surface area contributed by atoms with Crippen LogP contribution < -0.4 is 10.2 Å². The van der Waals surface area contributed by atoms with Crippen LogP contribution in [0.15, 0.2) is 24.3 Å². The van der Waals surface area contributed by atoms with Gasteiger partial charge in [0.1, 0.15) is 5.82 Å². The molecule has 1 N–H and O–H groups in total. The summed E-state index contributed by atoms with van der Waals surface area (Å²) in [7, 11) is 0. The van der Waals surface area contributed by atoms with E-state index in [2.05, 4.69) is 5.32 Å². The lowest BCUT2D eigenvalue weighted by atomic mass is 10.2. The Kier molecular flexibility index (Phi) is 5.75. The van der Waals surface area contributed by atoms with E-state index in [9.17, 15) is 14.0 Å². The number of carbonyl (C=O) groups excluding carboxylic acids is 2. The first kappa shape index (κ1) is 16.3. The zero-order valence-electron chi connectivity index (χ0n) is 12.8. The Hall–Kier alpha value is -2.11. The molecule has 5 nitrogen and oxygen atoms in total. The fourth-order valence-electron chi connectivity index (χ4n) is 2.46. The fraction of sp³-hybridized carbons (Fsp3) is 0.500. The van der Waals surface area contributed by atoms with E-state index in [1.54, 1.807) is 18.2 Å². The number of anilines is 1. The molecule has 120 valence electrons. The van der Waals surface area contributed by atoms with Gasteiger partial charge in [0.2, 0.25) is 0 Å². The number of rotatable bonds is 4. The van der Waals surface area contributed by atoms with Crippen LogP contribution in [-0.2, 0) is 9.59 Å². The van der Waals surface area contributed by atoms with Crippen molar-refractivity contribution in [2.24, 2.45) is 0 Å². The third-order valence-corrected chi connectivity index (χ3v) is 3.77. The van der Waals surface area contributed by atoms with Crippen LogP contribution in [0, 0.1) is 5.82 Å². The maximum absolute atomic E-state index is 13.7. The average molecular weight is 307 g/mol. The summed E-state index contributed by atoms with van der Waals surface area (Å²) in [6.45, 7) is 4.44. The molecular weight excluding hydrogens is 285 g/mol. The van der Waals surface area contributed by atoms with Gasteiger partial charge in [-0.2, -0.15) is 0 Å². The largest absolute Gasteiger partial charge is 0.366 e. The highest BCUT2D eigenvalue weighted by atomic mass is 19.1. The van der Waals surface area contributed by atoms with Crippen LogP contribution in [0.3, 0.4) is 0 Å². The van der Waals surface area contributed by atoms with Gasteiger partial charge in [0.25, 0.3) is 0 Å². The molecule has 0 aromatic heterocycles. The number of unbranched alkanes of at least 4 members (excludes halogenated alkanes) is 1. The highest BCUT2D eigenvalue weighted by Crippen LogP contribution is 2.20. The van der Waals surface area contributed by atoms with Gasteiger partial charge in [0.15, 0.2) is 0 Å². The van der Waals surface area contributed by atoms with Crippen molar-refractivity contribution in [2.75, 3.05) is 37.6 Å². The summed E-state index contributed by atoms with van der Waals surface area (Å²) >= 11 is 0. The predicted octanol–water partition coefficient (Wildman–Crippen LogP) is 1.39. The molecule has 0 unspecified atom stereocenters. The Morgan fingerprint density at radius 2 is 1.86 bits per heavy atom. The molecule has 2 amide bonds. The van der Waals surface area contributed by atoms with Crippen molar-refractivity contribution in [1.29, 1.82) is 0 Å². The van der Waals surface area contributed by atoms with Crippen LogP contribution in [0.4, 0.5) is 10.1 Å². The first-order valence-corrected chi connectivity index (χ1v) is 7.70. The average Bonchev–Trinajstić information content (AvgIpc) is 2.55. The van der Waals surface area contributed by atoms with Gasteiger partial charge in [-0.05, 0) is 18.6 Å². The summed E-state index contributed by atoms with van der Waals surface area (Å²) in [6, 6.07) is 6.59. The third-order valence-electron chi connectivity index (χ3n) is 3.77. The number of hydrogen-bond acceptors (Lipinski definition) is 3. The van der Waals surface area contributed by atoms with Gasteiger partial charge < -0.3 is 15.1 Å². The normalized spacial score (nSPS) is 14.8. The molecule has 0 saturated carbocycles. The van der Waals surface area contributed by atoms with Gasteiger partial charge >= 0.3 is 11.8 Å². The molecule has 1 fully saturated rings. The molecule has 0 radical (unpaired) electrons. The zero-order chi connectivity index (χ0) is 15.9. The molecule has 1 aromatic carbocycles. The number of hydrogen-bond donors (Lipinski definition) is 1. The van der Waals surface area contributed by atoms with E-state index in [0.29, 0.717) is 38.4 Å². The SMILES string of the molecule is CCCCNC(=O)C(=O)N1CCN(c2ccccc2F)CC1. The van der Waals surface area contributed by atoms with Crippen molar-refractivity contribution in [1.82, 2.24) is 10.2 Å². The highest BCUT2D eigenvalue weighted by molar-refractivity contribution is 6.35. The molecule has 6 heteroatoms. The van der Waals surface area contributed by atoms with Gasteiger partial charge in [-0.15, -0.1) is 0 Å². The summed E-state index contributed by atoms with van der Waals surface area (Å²) in [5.74, 6) is -1.31. The van der Waals surface area contributed by atoms with E-state index in [-0.39, 0.29) is 5.82 Å². The second-order valence-corrected chi connectivity index (χ2v) is 5.34. The number of benzene rings is 1. The Bertz CT molecular complexity index is 528. The van der Waals surface area contributed by atoms with Gasteiger partial charge in [0.05, 0.1) is 5.69 Å². The number of nitrogens with zero attached hydrogens (tertiary/aromatic N) is 2. The van der Waals surface area contributed by atoms with Crippen molar-refractivity contribution in [3.8, 4) is 0 Å². The molecule has 1 aliphatic rings. The first-order chi connectivity index (χ1) is 10.6. The lowest BCUT2D eigenvalue weighted by Gasteiger charge is -2.35. The molecule has 1 saturated heterocycles. The number of halogens is 1. The van der Waals surface area contributed by atoms with E-state index in [4.69, 9.17) is 0 Å². The third kappa shape index (κ3) is 3.96. The monoisotopic (exact) mass is 307 g/mol. The molecule has 22 heavy (non-hydrogen) atoms. The smallest absolute Gasteiger partial charge is 0.312 e. The van der Waals surface area contributed by atoms with Gasteiger partial charge in [0, 0.05) is 32.7 Å². The Labute approximate surface area is 130 Å². The van der Waals surface area contributed by atoms with Gasteiger partial charge in [-0.3, -0.25) is 9.59 Å². The predicted molar refractivity (Wildman–Crippen MR) is 83.1 cm³/mol. The molecule has 1 aliphatic heterocycles. The number of carbonyl (C=O) groups is 2. The minimum atomic E-state index is -0.548. The molecule has 0 spiro atoms. The summed E-state index contributed by atoms with van der Waals surface area (Å²) in [6.07, 6.45) is 1.83. The van der Waals surface area contributed by atoms with Crippen LogP contribution in [0.25, 0.3) is 0 Å². The van der Waals surface area contributed by atoms with E-state index in [1.807, 2.05) is 11.8 Å². The Morgan fingerprint density at radius 1 is 1.18 bits per heavy atom. The summed E-state index contributed by atoms with van der Waals surface area (Å²) in [4.78, 5) is 27.2. The number of para-hydroxylation sites is 1. The minimum Gasteiger partial charge on any atom is -0.366 e. The molecule has 2 rings (SSSR count). The molecular formula is C16H22FN3O2. The molecule has 0 bridgehead atoms. The lowest BCUT2D eigenvalue weighted by Crippen LogP contribution is -2.52. The van der Waals surface area contributed by atoms with Crippen molar-refractivity contribution in [3.63, 3.8) is 0 Å². The molecule has 0 atom stereocenters. The van der Waals surface area contributed by atoms with Crippen molar-refractivity contribution < 1.29 is 14.0 Å². The van der Waals surface area contributed by atoms with Gasteiger partial charge in [-0.25, -0.2) is 4.39 Å². The van der Waals surface area contributed by atoms with Crippen molar-refractivity contribution in [3.05, 3.63) is 30.1 Å². The number of piperazine rings is 1.